The third kappa shape index (κ3) is 3.36. The standard InChI is InChI=1S/C10H20N2O2S/c1-7(4-13)5-15-6-10(12,9(11)14)8-2-3-8/h7-8,13H,2-6,12H2,1H3,(H2,11,14). The van der Waals surface area contributed by atoms with E-state index in [0.717, 1.165) is 18.6 Å². The van der Waals surface area contributed by atoms with Gasteiger partial charge in [0.2, 0.25) is 5.91 Å². The van der Waals surface area contributed by atoms with Crippen LogP contribution in [0.2, 0.25) is 0 Å². The number of amides is 1. The molecule has 0 saturated heterocycles. The third-order valence-electron chi connectivity index (χ3n) is 2.82. The van der Waals surface area contributed by atoms with E-state index in [1.807, 2.05) is 6.92 Å². The van der Waals surface area contributed by atoms with Crippen LogP contribution in [0, 0.1) is 11.8 Å². The van der Waals surface area contributed by atoms with Crippen LogP contribution in [0.4, 0.5) is 0 Å². The van der Waals surface area contributed by atoms with Crippen molar-refractivity contribution in [3.63, 3.8) is 0 Å². The van der Waals surface area contributed by atoms with Gasteiger partial charge in [0.05, 0.1) is 0 Å². The largest absolute Gasteiger partial charge is 0.396 e. The van der Waals surface area contributed by atoms with Gasteiger partial charge < -0.3 is 16.6 Å². The number of rotatable bonds is 7. The zero-order valence-electron chi connectivity index (χ0n) is 9.11. The number of aliphatic hydroxyl groups excluding tert-OH is 1. The Labute approximate surface area is 94.8 Å². The second-order valence-corrected chi connectivity index (χ2v) is 5.51. The summed E-state index contributed by atoms with van der Waals surface area (Å²) in [4.78, 5) is 11.3. The van der Waals surface area contributed by atoms with E-state index < -0.39 is 11.4 Å². The molecule has 0 radical (unpaired) electrons. The molecular weight excluding hydrogens is 212 g/mol. The number of aliphatic hydroxyl groups is 1. The SMILES string of the molecule is CC(CO)CSCC(N)(C(N)=O)C1CC1. The van der Waals surface area contributed by atoms with Crippen LogP contribution >= 0.6 is 11.8 Å². The number of nitrogens with two attached hydrogens (primary N) is 2. The normalized spacial score (nSPS) is 22.1. The summed E-state index contributed by atoms with van der Waals surface area (Å²) in [5.74, 6) is 1.50. The van der Waals surface area contributed by atoms with Crippen LogP contribution in [0.1, 0.15) is 19.8 Å². The highest BCUT2D eigenvalue weighted by atomic mass is 32.2. The zero-order valence-corrected chi connectivity index (χ0v) is 9.93. The lowest BCUT2D eigenvalue weighted by molar-refractivity contribution is -0.123. The zero-order chi connectivity index (χ0) is 11.5. The number of carbonyl (C=O) groups excluding carboxylic acids is 1. The van der Waals surface area contributed by atoms with Crippen molar-refractivity contribution < 1.29 is 9.90 Å². The first kappa shape index (κ1) is 12.8. The predicted molar refractivity (Wildman–Crippen MR) is 62.4 cm³/mol. The van der Waals surface area contributed by atoms with Gasteiger partial charge in [0.25, 0.3) is 0 Å². The summed E-state index contributed by atoms with van der Waals surface area (Å²) in [6.07, 6.45) is 2.02. The maximum absolute atomic E-state index is 11.3. The van der Waals surface area contributed by atoms with E-state index in [-0.39, 0.29) is 18.4 Å². The fraction of sp³-hybridized carbons (Fsp3) is 0.900. The average molecular weight is 232 g/mol. The Balaban J connectivity index is 2.36. The van der Waals surface area contributed by atoms with Crippen LogP contribution in [0.25, 0.3) is 0 Å². The van der Waals surface area contributed by atoms with Crippen molar-refractivity contribution in [1.29, 1.82) is 0 Å². The maximum Gasteiger partial charge on any atom is 0.238 e. The smallest absolute Gasteiger partial charge is 0.238 e. The van der Waals surface area contributed by atoms with Gasteiger partial charge in [-0.05, 0) is 30.4 Å². The first-order valence-corrected chi connectivity index (χ1v) is 6.43. The molecule has 5 heteroatoms. The Bertz CT molecular complexity index is 233. The Morgan fingerprint density at radius 1 is 1.67 bits per heavy atom. The molecule has 1 rings (SSSR count). The van der Waals surface area contributed by atoms with Crippen LogP contribution in [0.15, 0.2) is 0 Å². The topological polar surface area (TPSA) is 89.3 Å². The molecule has 0 bridgehead atoms. The van der Waals surface area contributed by atoms with Crippen molar-refractivity contribution in [2.45, 2.75) is 25.3 Å². The van der Waals surface area contributed by atoms with Crippen LogP contribution in [-0.2, 0) is 4.79 Å². The van der Waals surface area contributed by atoms with E-state index >= 15 is 0 Å². The molecule has 1 aliphatic rings. The summed E-state index contributed by atoms with van der Waals surface area (Å²) in [5.41, 5.74) is 10.5. The highest BCUT2D eigenvalue weighted by Crippen LogP contribution is 2.39. The minimum atomic E-state index is -0.833. The van der Waals surface area contributed by atoms with Crippen molar-refractivity contribution in [3.05, 3.63) is 0 Å². The highest BCUT2D eigenvalue weighted by molar-refractivity contribution is 7.99. The van der Waals surface area contributed by atoms with E-state index in [4.69, 9.17) is 16.6 Å². The van der Waals surface area contributed by atoms with Crippen LogP contribution in [0.3, 0.4) is 0 Å². The fourth-order valence-corrected chi connectivity index (χ4v) is 2.81. The predicted octanol–water partition coefficient (Wildman–Crippen LogP) is -0.0592. The summed E-state index contributed by atoms with van der Waals surface area (Å²) >= 11 is 1.60. The number of hydrogen-bond donors (Lipinski definition) is 3. The minimum absolute atomic E-state index is 0.171. The second-order valence-electron chi connectivity index (χ2n) is 4.48. The summed E-state index contributed by atoms with van der Waals surface area (Å²) in [5, 5.41) is 8.86. The van der Waals surface area contributed by atoms with Crippen LogP contribution in [-0.4, -0.2) is 34.7 Å². The molecule has 88 valence electrons. The summed E-state index contributed by atoms with van der Waals surface area (Å²) in [6, 6.07) is 0. The van der Waals surface area contributed by atoms with Gasteiger partial charge in [-0.25, -0.2) is 0 Å². The molecule has 0 aromatic rings. The van der Waals surface area contributed by atoms with Crippen molar-refractivity contribution in [3.8, 4) is 0 Å². The molecule has 0 aliphatic heterocycles. The van der Waals surface area contributed by atoms with E-state index in [0.29, 0.717) is 5.75 Å². The third-order valence-corrected chi connectivity index (χ3v) is 4.31. The number of primary amides is 1. The summed E-state index contributed by atoms with van der Waals surface area (Å²) in [6.45, 7) is 2.14. The molecule has 2 unspecified atom stereocenters. The summed E-state index contributed by atoms with van der Waals surface area (Å²) in [7, 11) is 0. The first-order valence-electron chi connectivity index (χ1n) is 5.28. The molecule has 1 fully saturated rings. The van der Waals surface area contributed by atoms with Crippen molar-refractivity contribution in [2.75, 3.05) is 18.1 Å². The lowest BCUT2D eigenvalue weighted by Crippen LogP contribution is -2.56. The van der Waals surface area contributed by atoms with E-state index in [1.54, 1.807) is 11.8 Å². The maximum atomic E-state index is 11.3. The second kappa shape index (κ2) is 5.18. The van der Waals surface area contributed by atoms with Crippen LogP contribution < -0.4 is 11.5 Å². The van der Waals surface area contributed by atoms with E-state index in [1.165, 1.54) is 0 Å². The first-order chi connectivity index (χ1) is 7.00. The lowest BCUT2D eigenvalue weighted by Gasteiger charge is -2.25. The Hall–Kier alpha value is -0.260. The van der Waals surface area contributed by atoms with Gasteiger partial charge in [-0.2, -0.15) is 11.8 Å². The molecule has 1 saturated carbocycles. The molecule has 2 atom stereocenters. The number of hydrogen-bond acceptors (Lipinski definition) is 4. The molecule has 0 aromatic carbocycles. The molecule has 4 nitrogen and oxygen atoms in total. The fourth-order valence-electron chi connectivity index (χ4n) is 1.47. The van der Waals surface area contributed by atoms with Gasteiger partial charge in [0.15, 0.2) is 0 Å². The van der Waals surface area contributed by atoms with Gasteiger partial charge in [0.1, 0.15) is 5.54 Å². The monoisotopic (exact) mass is 232 g/mol. The van der Waals surface area contributed by atoms with Gasteiger partial charge in [-0.3, -0.25) is 4.79 Å². The van der Waals surface area contributed by atoms with Gasteiger partial charge in [-0.1, -0.05) is 6.92 Å². The molecule has 1 aliphatic carbocycles. The Morgan fingerprint density at radius 2 is 2.27 bits per heavy atom. The molecule has 5 N–H and O–H groups in total. The lowest BCUT2D eigenvalue weighted by atomic mass is 9.96. The van der Waals surface area contributed by atoms with Gasteiger partial charge >= 0.3 is 0 Å². The highest BCUT2D eigenvalue weighted by Gasteiger charge is 2.46. The van der Waals surface area contributed by atoms with Gasteiger partial charge in [-0.15, -0.1) is 0 Å². The van der Waals surface area contributed by atoms with E-state index in [2.05, 4.69) is 0 Å². The molecule has 0 aromatic heterocycles. The molecular formula is C10H20N2O2S. The quantitative estimate of drug-likeness (QED) is 0.574. The van der Waals surface area contributed by atoms with Crippen molar-refractivity contribution >= 4 is 17.7 Å². The molecule has 0 spiro atoms. The van der Waals surface area contributed by atoms with Gasteiger partial charge in [0, 0.05) is 12.4 Å². The van der Waals surface area contributed by atoms with Crippen molar-refractivity contribution in [1.82, 2.24) is 0 Å². The molecule has 1 amide bonds. The number of thioether (sulfide) groups is 1. The Morgan fingerprint density at radius 3 is 2.67 bits per heavy atom. The summed E-state index contributed by atoms with van der Waals surface area (Å²) < 4.78 is 0. The molecule has 0 heterocycles. The van der Waals surface area contributed by atoms with E-state index in [9.17, 15) is 4.79 Å². The minimum Gasteiger partial charge on any atom is -0.396 e. The average Bonchev–Trinajstić information content (AvgIpc) is 3.00. The number of carbonyl (C=O) groups is 1. The van der Waals surface area contributed by atoms with Crippen LogP contribution in [0.5, 0.6) is 0 Å². The van der Waals surface area contributed by atoms with Crippen molar-refractivity contribution in [2.24, 2.45) is 23.3 Å². The molecule has 15 heavy (non-hydrogen) atoms. The Kier molecular flexibility index (Phi) is 4.43.